The molecule has 3 nitrogen and oxygen atoms in total. The van der Waals surface area contributed by atoms with Crippen LogP contribution in [0.3, 0.4) is 0 Å². The summed E-state index contributed by atoms with van der Waals surface area (Å²) in [7, 11) is 0. The van der Waals surface area contributed by atoms with E-state index in [2.05, 4.69) is 35.1 Å². The summed E-state index contributed by atoms with van der Waals surface area (Å²) in [5.74, 6) is 3.09. The zero-order chi connectivity index (χ0) is 13.9. The third kappa shape index (κ3) is 2.70. The van der Waals surface area contributed by atoms with Crippen LogP contribution >= 0.6 is 11.8 Å². The predicted octanol–water partition coefficient (Wildman–Crippen LogP) is 3.76. The highest BCUT2D eigenvalue weighted by Crippen LogP contribution is 2.41. The fourth-order valence-electron chi connectivity index (χ4n) is 2.55. The fraction of sp³-hybridized carbons (Fsp3) is 0.438. The number of anilines is 1. The number of nitrogen functional groups attached to an aromatic ring is 1. The molecule has 4 heteroatoms. The van der Waals surface area contributed by atoms with E-state index in [1.54, 1.807) is 0 Å². The molecule has 0 radical (unpaired) electrons. The van der Waals surface area contributed by atoms with Crippen molar-refractivity contribution in [2.45, 2.75) is 31.7 Å². The van der Waals surface area contributed by atoms with Crippen molar-refractivity contribution in [3.8, 4) is 11.4 Å². The molecule has 0 amide bonds. The number of hydrogen-bond donors (Lipinski definition) is 1. The molecule has 0 bridgehead atoms. The fourth-order valence-corrected chi connectivity index (χ4v) is 2.99. The summed E-state index contributed by atoms with van der Waals surface area (Å²) >= 11 is 1.88. The summed E-state index contributed by atoms with van der Waals surface area (Å²) < 4.78 is 2.25. The summed E-state index contributed by atoms with van der Waals surface area (Å²) in [4.78, 5) is 4.84. The lowest BCUT2D eigenvalue weighted by atomic mass is 10.2. The number of hydrogen-bond acceptors (Lipinski definition) is 3. The average molecular weight is 287 g/mol. The number of imidazole rings is 1. The van der Waals surface area contributed by atoms with Crippen LogP contribution in [0.5, 0.6) is 0 Å². The molecule has 1 heterocycles. The molecule has 1 saturated carbocycles. The number of rotatable bonds is 6. The van der Waals surface area contributed by atoms with Gasteiger partial charge in [-0.15, -0.1) is 0 Å². The number of aromatic nitrogens is 2. The van der Waals surface area contributed by atoms with Gasteiger partial charge in [-0.2, -0.15) is 11.8 Å². The van der Waals surface area contributed by atoms with Gasteiger partial charge in [0.2, 0.25) is 0 Å². The highest BCUT2D eigenvalue weighted by Gasteiger charge is 2.29. The van der Waals surface area contributed by atoms with Crippen LogP contribution in [0.25, 0.3) is 11.4 Å². The molecular formula is C16H21N3S. The van der Waals surface area contributed by atoms with Crippen molar-refractivity contribution in [1.82, 2.24) is 9.55 Å². The second-order valence-electron chi connectivity index (χ2n) is 5.33. The second-order valence-corrected chi connectivity index (χ2v) is 6.32. The Morgan fingerprint density at radius 2 is 2.05 bits per heavy atom. The highest BCUT2D eigenvalue weighted by molar-refractivity contribution is 7.98. The van der Waals surface area contributed by atoms with Gasteiger partial charge in [0, 0.05) is 11.6 Å². The first kappa shape index (κ1) is 13.6. The van der Waals surface area contributed by atoms with Crippen molar-refractivity contribution in [3.05, 3.63) is 36.0 Å². The molecule has 0 spiro atoms. The van der Waals surface area contributed by atoms with Crippen LogP contribution in [-0.4, -0.2) is 21.6 Å². The lowest BCUT2D eigenvalue weighted by molar-refractivity contribution is 0.758. The van der Waals surface area contributed by atoms with E-state index >= 15 is 0 Å². The zero-order valence-corrected chi connectivity index (χ0v) is 12.7. The SMILES string of the molecule is CSCCCc1nc(-c2ccccc2)n(C2CC2)c1N. The van der Waals surface area contributed by atoms with Gasteiger partial charge in [-0.1, -0.05) is 30.3 Å². The van der Waals surface area contributed by atoms with Gasteiger partial charge in [-0.25, -0.2) is 4.98 Å². The van der Waals surface area contributed by atoms with E-state index in [0.717, 1.165) is 35.9 Å². The van der Waals surface area contributed by atoms with Gasteiger partial charge in [0.25, 0.3) is 0 Å². The Hall–Kier alpha value is -1.42. The normalized spacial score (nSPS) is 14.7. The molecule has 1 aromatic heterocycles. The van der Waals surface area contributed by atoms with Crippen molar-refractivity contribution in [3.63, 3.8) is 0 Å². The second kappa shape index (κ2) is 5.92. The molecule has 1 aliphatic rings. The molecule has 1 aliphatic carbocycles. The van der Waals surface area contributed by atoms with E-state index in [4.69, 9.17) is 10.7 Å². The van der Waals surface area contributed by atoms with Gasteiger partial charge in [-0.05, 0) is 37.7 Å². The minimum atomic E-state index is 0.562. The van der Waals surface area contributed by atoms with Gasteiger partial charge in [0.05, 0.1) is 5.69 Å². The van der Waals surface area contributed by atoms with Crippen LogP contribution in [0, 0.1) is 0 Å². The van der Waals surface area contributed by atoms with E-state index in [0.29, 0.717) is 6.04 Å². The maximum Gasteiger partial charge on any atom is 0.142 e. The van der Waals surface area contributed by atoms with Crippen molar-refractivity contribution in [2.24, 2.45) is 0 Å². The smallest absolute Gasteiger partial charge is 0.142 e. The first-order chi connectivity index (χ1) is 9.81. The molecule has 0 saturated heterocycles. The Balaban J connectivity index is 1.94. The van der Waals surface area contributed by atoms with Crippen molar-refractivity contribution in [1.29, 1.82) is 0 Å². The Kier molecular flexibility index (Phi) is 4.01. The third-order valence-corrected chi connectivity index (χ3v) is 4.43. The topological polar surface area (TPSA) is 43.8 Å². The molecule has 2 N–H and O–H groups in total. The van der Waals surface area contributed by atoms with E-state index in [-0.39, 0.29) is 0 Å². The molecule has 2 aromatic rings. The minimum Gasteiger partial charge on any atom is -0.384 e. The number of nitrogens with zero attached hydrogens (tertiary/aromatic N) is 2. The van der Waals surface area contributed by atoms with E-state index in [9.17, 15) is 0 Å². The lowest BCUT2D eigenvalue weighted by Gasteiger charge is -2.08. The lowest BCUT2D eigenvalue weighted by Crippen LogP contribution is -2.03. The molecular weight excluding hydrogens is 266 g/mol. The zero-order valence-electron chi connectivity index (χ0n) is 11.9. The van der Waals surface area contributed by atoms with Gasteiger partial charge < -0.3 is 10.3 Å². The Bertz CT molecular complexity index is 573. The summed E-state index contributed by atoms with van der Waals surface area (Å²) in [6.07, 6.45) is 6.71. The van der Waals surface area contributed by atoms with Crippen LogP contribution in [0.1, 0.15) is 31.0 Å². The maximum atomic E-state index is 6.36. The third-order valence-electron chi connectivity index (χ3n) is 3.73. The Morgan fingerprint density at radius 3 is 2.70 bits per heavy atom. The molecule has 0 atom stereocenters. The number of aryl methyl sites for hydroxylation is 1. The van der Waals surface area contributed by atoms with Crippen molar-refractivity contribution >= 4 is 17.6 Å². The Morgan fingerprint density at radius 1 is 1.30 bits per heavy atom. The van der Waals surface area contributed by atoms with Crippen molar-refractivity contribution < 1.29 is 0 Å². The van der Waals surface area contributed by atoms with Crippen molar-refractivity contribution in [2.75, 3.05) is 17.7 Å². The maximum absolute atomic E-state index is 6.36. The summed E-state index contributed by atoms with van der Waals surface area (Å²) in [5, 5.41) is 0. The van der Waals surface area contributed by atoms with Crippen LogP contribution in [-0.2, 0) is 6.42 Å². The van der Waals surface area contributed by atoms with Gasteiger partial charge in [0.15, 0.2) is 0 Å². The summed E-state index contributed by atoms with van der Waals surface area (Å²) in [5.41, 5.74) is 8.60. The van der Waals surface area contributed by atoms with Crippen LogP contribution < -0.4 is 5.73 Å². The predicted molar refractivity (Wildman–Crippen MR) is 87.0 cm³/mol. The van der Waals surface area contributed by atoms with Crippen LogP contribution in [0.15, 0.2) is 30.3 Å². The molecule has 1 aromatic carbocycles. The number of benzene rings is 1. The van der Waals surface area contributed by atoms with Crippen LogP contribution in [0.4, 0.5) is 5.82 Å². The molecule has 0 aliphatic heterocycles. The molecule has 106 valence electrons. The van der Waals surface area contributed by atoms with E-state index in [1.807, 2.05) is 17.8 Å². The first-order valence-electron chi connectivity index (χ1n) is 7.22. The minimum absolute atomic E-state index is 0.562. The summed E-state index contributed by atoms with van der Waals surface area (Å²) in [6.45, 7) is 0. The molecule has 3 rings (SSSR count). The first-order valence-corrected chi connectivity index (χ1v) is 8.61. The summed E-state index contributed by atoms with van der Waals surface area (Å²) in [6, 6.07) is 11.0. The van der Waals surface area contributed by atoms with Gasteiger partial charge in [0.1, 0.15) is 11.6 Å². The quantitative estimate of drug-likeness (QED) is 0.823. The van der Waals surface area contributed by atoms with Crippen LogP contribution in [0.2, 0.25) is 0 Å². The van der Waals surface area contributed by atoms with Gasteiger partial charge in [-0.3, -0.25) is 0 Å². The Labute approximate surface area is 124 Å². The monoisotopic (exact) mass is 287 g/mol. The molecule has 1 fully saturated rings. The average Bonchev–Trinajstić information content (AvgIpc) is 3.26. The highest BCUT2D eigenvalue weighted by atomic mass is 32.2. The largest absolute Gasteiger partial charge is 0.384 e. The standard InChI is InChI=1S/C16H21N3S/c1-20-11-5-8-14-15(17)19(13-9-10-13)16(18-14)12-6-3-2-4-7-12/h2-4,6-7,13H,5,8-11,17H2,1H3. The number of thioether (sulfide) groups is 1. The van der Waals surface area contributed by atoms with E-state index in [1.165, 1.54) is 18.4 Å². The van der Waals surface area contributed by atoms with Gasteiger partial charge >= 0.3 is 0 Å². The molecule has 20 heavy (non-hydrogen) atoms. The number of nitrogens with two attached hydrogens (primary N) is 1. The molecule has 0 unspecified atom stereocenters. The van der Waals surface area contributed by atoms with E-state index < -0.39 is 0 Å².